The van der Waals surface area contributed by atoms with Gasteiger partial charge in [0.15, 0.2) is 0 Å². The summed E-state index contributed by atoms with van der Waals surface area (Å²) in [6.07, 6.45) is 3.30. The van der Waals surface area contributed by atoms with E-state index in [9.17, 15) is 0 Å². The maximum Gasteiger partial charge on any atom is 0.119 e. The van der Waals surface area contributed by atoms with Crippen LogP contribution in [-0.4, -0.2) is 81.4 Å². The van der Waals surface area contributed by atoms with Gasteiger partial charge in [0.2, 0.25) is 0 Å². The molecule has 2 aliphatic rings. The fourth-order valence-corrected chi connectivity index (χ4v) is 6.71. The topological polar surface area (TPSA) is 40.2 Å². The van der Waals surface area contributed by atoms with Crippen LogP contribution in [0.2, 0.25) is 5.02 Å². The maximum absolute atomic E-state index is 6.39. The van der Waals surface area contributed by atoms with Crippen molar-refractivity contribution in [3.63, 3.8) is 0 Å². The van der Waals surface area contributed by atoms with Crippen molar-refractivity contribution in [1.82, 2.24) is 15.1 Å². The molecule has 0 atom stereocenters. The number of unbranched alkanes of at least 4 members (excludes halogenated alkanes) is 1. The first kappa shape index (κ1) is 39.6. The second-order valence-corrected chi connectivity index (χ2v) is 12.9. The number of anilines is 2. The molecule has 2 heterocycles. The third-order valence-corrected chi connectivity index (χ3v) is 9.17. The van der Waals surface area contributed by atoms with E-state index in [0.29, 0.717) is 12.6 Å². The Kier molecular flexibility index (Phi) is 18.2. The minimum Gasteiger partial charge on any atom is -0.494 e. The van der Waals surface area contributed by atoms with E-state index >= 15 is 0 Å². The number of para-hydroxylation sites is 1. The standard InChI is InChI=1S/C34H45ClN4O2S.3ClH/c1-27(2)36-16-5-6-24-40-29-11-13-30(14-12-29)41-25-23-38-21-19-37(20-22-38)17-7-18-39-31-8-3-4-9-33(31)42-34-15-10-28(35)26-32(34)39;;;/h3-4,8-15,26-27,36H,5-7,16-25H2,1-2H3;3*1H. The third-order valence-electron chi connectivity index (χ3n) is 7.80. The molecule has 250 valence electrons. The van der Waals surface area contributed by atoms with Gasteiger partial charge in [0.1, 0.15) is 18.1 Å². The first-order chi connectivity index (χ1) is 20.5. The molecule has 1 N–H and O–H groups in total. The summed E-state index contributed by atoms with van der Waals surface area (Å²) in [7, 11) is 0. The molecule has 0 aliphatic carbocycles. The number of rotatable bonds is 15. The highest BCUT2D eigenvalue weighted by atomic mass is 35.5. The Morgan fingerprint density at radius 3 is 2.02 bits per heavy atom. The van der Waals surface area contributed by atoms with Gasteiger partial charge in [-0.15, -0.1) is 37.2 Å². The molecule has 0 bridgehead atoms. The molecule has 0 aromatic heterocycles. The zero-order chi connectivity index (χ0) is 29.1. The van der Waals surface area contributed by atoms with E-state index in [-0.39, 0.29) is 37.2 Å². The molecule has 3 aromatic carbocycles. The Bertz CT molecular complexity index is 1260. The van der Waals surface area contributed by atoms with Crippen LogP contribution >= 0.6 is 60.6 Å². The first-order valence-corrected chi connectivity index (χ1v) is 16.6. The van der Waals surface area contributed by atoms with Crippen molar-refractivity contribution in [2.45, 2.75) is 48.9 Å². The molecule has 2 aliphatic heterocycles. The van der Waals surface area contributed by atoms with Crippen LogP contribution < -0.4 is 19.7 Å². The summed E-state index contributed by atoms with van der Waals surface area (Å²) in [6.45, 7) is 14.3. The molecule has 0 radical (unpaired) electrons. The fraction of sp³-hybridized carbons (Fsp3) is 0.471. The SMILES string of the molecule is CC(C)NCCCCOc1ccc(OCCN2CCN(CCCN3c4ccccc4Sc4ccc(Cl)cc43)CC2)cc1.Cl.Cl.Cl. The summed E-state index contributed by atoms with van der Waals surface area (Å²) in [4.78, 5) is 10.2. The van der Waals surface area contributed by atoms with Gasteiger partial charge in [-0.3, -0.25) is 4.90 Å². The van der Waals surface area contributed by atoms with Gasteiger partial charge in [-0.05, 0) is 86.9 Å². The van der Waals surface area contributed by atoms with Gasteiger partial charge in [-0.2, -0.15) is 0 Å². The van der Waals surface area contributed by atoms with E-state index < -0.39 is 0 Å². The average Bonchev–Trinajstić information content (AvgIpc) is 3.00. The van der Waals surface area contributed by atoms with Crippen molar-refractivity contribution in [2.75, 3.05) is 70.5 Å². The van der Waals surface area contributed by atoms with Crippen LogP contribution in [-0.2, 0) is 0 Å². The number of piperazine rings is 1. The van der Waals surface area contributed by atoms with Gasteiger partial charge in [0.05, 0.1) is 18.0 Å². The lowest BCUT2D eigenvalue weighted by Gasteiger charge is -2.36. The summed E-state index contributed by atoms with van der Waals surface area (Å²) < 4.78 is 11.9. The van der Waals surface area contributed by atoms with Gasteiger partial charge in [-0.1, -0.05) is 49.3 Å². The summed E-state index contributed by atoms with van der Waals surface area (Å²) >= 11 is 8.22. The molecule has 45 heavy (non-hydrogen) atoms. The average molecular weight is 719 g/mol. The lowest BCUT2D eigenvalue weighted by molar-refractivity contribution is 0.116. The quantitative estimate of drug-likeness (QED) is 0.158. The number of benzene rings is 3. The van der Waals surface area contributed by atoms with E-state index in [1.807, 2.05) is 42.1 Å². The Labute approximate surface area is 297 Å². The number of nitrogens with zero attached hydrogens (tertiary/aromatic N) is 3. The Balaban J connectivity index is 0.00000235. The fourth-order valence-electron chi connectivity index (χ4n) is 5.46. The summed E-state index contributed by atoms with van der Waals surface area (Å²) in [5.41, 5.74) is 2.51. The second-order valence-electron chi connectivity index (χ2n) is 11.4. The van der Waals surface area contributed by atoms with Crippen LogP contribution in [0.4, 0.5) is 11.4 Å². The zero-order valence-electron chi connectivity index (χ0n) is 26.3. The maximum atomic E-state index is 6.39. The molecule has 11 heteroatoms. The van der Waals surface area contributed by atoms with Crippen molar-refractivity contribution in [2.24, 2.45) is 0 Å². The number of fused-ring (bicyclic) bond motifs is 2. The lowest BCUT2D eigenvalue weighted by Crippen LogP contribution is -2.47. The number of ether oxygens (including phenoxy) is 2. The Morgan fingerprint density at radius 2 is 1.33 bits per heavy atom. The third kappa shape index (κ3) is 12.2. The largest absolute Gasteiger partial charge is 0.494 e. The molecule has 3 aromatic rings. The number of nitrogens with one attached hydrogen (secondary N) is 1. The molecule has 0 amide bonds. The summed E-state index contributed by atoms with van der Waals surface area (Å²) in [5.74, 6) is 1.81. The molecule has 0 spiro atoms. The second kappa shape index (κ2) is 20.6. The first-order valence-electron chi connectivity index (χ1n) is 15.4. The molecule has 5 rings (SSSR count). The van der Waals surface area contributed by atoms with Gasteiger partial charge in [-0.25, -0.2) is 0 Å². The van der Waals surface area contributed by atoms with Crippen LogP contribution in [0, 0.1) is 0 Å². The minimum atomic E-state index is 0. The van der Waals surface area contributed by atoms with Crippen molar-refractivity contribution >= 4 is 72.0 Å². The van der Waals surface area contributed by atoms with E-state index in [4.69, 9.17) is 21.1 Å². The van der Waals surface area contributed by atoms with Crippen LogP contribution in [0.5, 0.6) is 11.5 Å². The molecule has 1 saturated heterocycles. The van der Waals surface area contributed by atoms with Gasteiger partial charge >= 0.3 is 0 Å². The predicted octanol–water partition coefficient (Wildman–Crippen LogP) is 8.45. The van der Waals surface area contributed by atoms with Crippen molar-refractivity contribution in [3.05, 3.63) is 71.8 Å². The zero-order valence-corrected chi connectivity index (χ0v) is 30.3. The number of halogens is 4. The monoisotopic (exact) mass is 716 g/mol. The smallest absolute Gasteiger partial charge is 0.119 e. The molecular weight excluding hydrogens is 670 g/mol. The van der Waals surface area contributed by atoms with E-state index in [2.05, 4.69) is 70.3 Å². The molecule has 0 saturated carbocycles. The van der Waals surface area contributed by atoms with Crippen LogP contribution in [0.1, 0.15) is 33.1 Å². The highest BCUT2D eigenvalue weighted by molar-refractivity contribution is 7.99. The molecule has 6 nitrogen and oxygen atoms in total. The van der Waals surface area contributed by atoms with E-state index in [1.165, 1.54) is 21.2 Å². The van der Waals surface area contributed by atoms with Gasteiger partial charge in [0.25, 0.3) is 0 Å². The molecule has 0 unspecified atom stereocenters. The minimum absolute atomic E-state index is 0. The van der Waals surface area contributed by atoms with Crippen LogP contribution in [0.15, 0.2) is 76.5 Å². The highest BCUT2D eigenvalue weighted by Gasteiger charge is 2.24. The van der Waals surface area contributed by atoms with Crippen molar-refractivity contribution < 1.29 is 9.47 Å². The number of hydrogen-bond donors (Lipinski definition) is 1. The lowest BCUT2D eigenvalue weighted by atomic mass is 10.2. The van der Waals surface area contributed by atoms with E-state index in [0.717, 1.165) is 94.7 Å². The summed E-state index contributed by atoms with van der Waals surface area (Å²) in [6, 6.07) is 23.5. The normalized spacial score (nSPS) is 14.4. The van der Waals surface area contributed by atoms with Crippen LogP contribution in [0.3, 0.4) is 0 Å². The van der Waals surface area contributed by atoms with Gasteiger partial charge in [0, 0.05) is 60.1 Å². The predicted molar refractivity (Wildman–Crippen MR) is 198 cm³/mol. The molecule has 1 fully saturated rings. The Hall–Kier alpha value is -1.55. The Morgan fingerprint density at radius 1 is 0.711 bits per heavy atom. The highest BCUT2D eigenvalue weighted by Crippen LogP contribution is 2.48. The van der Waals surface area contributed by atoms with Gasteiger partial charge < -0.3 is 24.6 Å². The van der Waals surface area contributed by atoms with Crippen molar-refractivity contribution in [3.8, 4) is 11.5 Å². The summed E-state index contributed by atoms with van der Waals surface area (Å²) in [5, 5.41) is 4.23. The molecular formula is C34H48Cl4N4O2S. The van der Waals surface area contributed by atoms with Crippen molar-refractivity contribution in [1.29, 1.82) is 0 Å². The van der Waals surface area contributed by atoms with E-state index in [1.54, 1.807) is 0 Å². The number of hydrogen-bond acceptors (Lipinski definition) is 7. The van der Waals surface area contributed by atoms with Crippen LogP contribution in [0.25, 0.3) is 0 Å².